The second-order valence-corrected chi connectivity index (χ2v) is 11.9. The molecule has 43 heavy (non-hydrogen) atoms. The van der Waals surface area contributed by atoms with E-state index in [4.69, 9.17) is 32.9 Å². The predicted octanol–water partition coefficient (Wildman–Crippen LogP) is 6.35. The van der Waals surface area contributed by atoms with Gasteiger partial charge in [-0.05, 0) is 54.6 Å². The van der Waals surface area contributed by atoms with E-state index in [1.807, 2.05) is 17.5 Å². The van der Waals surface area contributed by atoms with E-state index < -0.39 is 0 Å². The maximum atomic E-state index is 13.5. The summed E-state index contributed by atoms with van der Waals surface area (Å²) in [6, 6.07) is 19.5. The number of amides is 1. The number of benzene rings is 3. The summed E-state index contributed by atoms with van der Waals surface area (Å²) in [4.78, 5) is 35.4. The van der Waals surface area contributed by atoms with Gasteiger partial charge in [0.25, 0.3) is 5.56 Å². The lowest BCUT2D eigenvalue weighted by atomic mass is 10.2. The van der Waals surface area contributed by atoms with Crippen LogP contribution in [0.25, 0.3) is 27.8 Å². The highest BCUT2D eigenvalue weighted by molar-refractivity contribution is 7.98. The number of hydrogen-bond acceptors (Lipinski definition) is 9. The highest BCUT2D eigenvalue weighted by Gasteiger charge is 2.16. The Balaban J connectivity index is 1.16. The standard InChI is InChI=1S/C29H21Cl2N7O3S2/c1-41-22-9-7-21(8-10-22)38-27(40)23-11-6-19(31)12-24(23)33-29(38)43-15-20-13-37(36-35-20)14-26(39)34-28-32-25(16-42-28)17-2-4-18(30)5-3-17/h2-13,16H,14-15H2,1H3,(H,32,34,39). The first kappa shape index (κ1) is 28.9. The molecule has 0 saturated heterocycles. The summed E-state index contributed by atoms with van der Waals surface area (Å²) in [6.45, 7) is -0.0448. The molecule has 0 aliphatic rings. The molecule has 216 valence electrons. The number of carbonyl (C=O) groups is 1. The van der Waals surface area contributed by atoms with Gasteiger partial charge in [0.2, 0.25) is 5.91 Å². The summed E-state index contributed by atoms with van der Waals surface area (Å²) >= 11 is 14.8. The van der Waals surface area contributed by atoms with Crippen LogP contribution >= 0.6 is 46.3 Å². The Bertz CT molecular complexity index is 1990. The minimum Gasteiger partial charge on any atom is -0.497 e. The van der Waals surface area contributed by atoms with Crippen molar-refractivity contribution in [3.63, 3.8) is 0 Å². The van der Waals surface area contributed by atoms with Crippen LogP contribution in [0.2, 0.25) is 10.0 Å². The van der Waals surface area contributed by atoms with Gasteiger partial charge in [0.05, 0.1) is 35.1 Å². The number of anilines is 1. The van der Waals surface area contributed by atoms with Crippen LogP contribution in [-0.4, -0.2) is 42.5 Å². The van der Waals surface area contributed by atoms with Gasteiger partial charge >= 0.3 is 0 Å². The lowest BCUT2D eigenvalue weighted by molar-refractivity contribution is -0.116. The number of rotatable bonds is 9. The number of nitrogens with one attached hydrogen (secondary N) is 1. The molecule has 3 aromatic heterocycles. The zero-order valence-corrected chi connectivity index (χ0v) is 25.5. The molecule has 1 N–H and O–H groups in total. The van der Waals surface area contributed by atoms with Crippen LogP contribution < -0.4 is 15.6 Å². The number of thiazole rings is 1. The Kier molecular flexibility index (Phi) is 8.43. The molecule has 6 aromatic rings. The number of aromatic nitrogens is 6. The van der Waals surface area contributed by atoms with Gasteiger partial charge in [-0.3, -0.25) is 14.2 Å². The Morgan fingerprint density at radius 1 is 1.02 bits per heavy atom. The molecule has 1 amide bonds. The van der Waals surface area contributed by atoms with Crippen LogP contribution in [-0.2, 0) is 17.1 Å². The fourth-order valence-corrected chi connectivity index (χ4v) is 6.12. The van der Waals surface area contributed by atoms with E-state index >= 15 is 0 Å². The van der Waals surface area contributed by atoms with Crippen molar-refractivity contribution in [2.75, 3.05) is 12.4 Å². The SMILES string of the molecule is COc1ccc(-n2c(SCc3cn(CC(=O)Nc4nc(-c5ccc(Cl)cc5)cs4)nn3)nc3cc(Cl)ccc3c2=O)cc1. The van der Waals surface area contributed by atoms with E-state index in [2.05, 4.69) is 20.6 Å². The third kappa shape index (κ3) is 6.57. The summed E-state index contributed by atoms with van der Waals surface area (Å²) in [5.74, 6) is 0.735. The van der Waals surface area contributed by atoms with Gasteiger partial charge < -0.3 is 10.1 Å². The van der Waals surface area contributed by atoms with Crippen LogP contribution in [0.15, 0.2) is 88.3 Å². The van der Waals surface area contributed by atoms with Crippen molar-refractivity contribution in [1.82, 2.24) is 29.5 Å². The van der Waals surface area contributed by atoms with Crippen molar-refractivity contribution in [1.29, 1.82) is 0 Å². The second kappa shape index (κ2) is 12.6. The van der Waals surface area contributed by atoms with Crippen LogP contribution in [0.3, 0.4) is 0 Å². The fourth-order valence-electron chi connectivity index (χ4n) is 4.21. The van der Waals surface area contributed by atoms with Crippen molar-refractivity contribution in [2.45, 2.75) is 17.5 Å². The van der Waals surface area contributed by atoms with Crippen molar-refractivity contribution >= 4 is 68.2 Å². The van der Waals surface area contributed by atoms with Crippen molar-refractivity contribution in [3.8, 4) is 22.7 Å². The van der Waals surface area contributed by atoms with Crippen molar-refractivity contribution < 1.29 is 9.53 Å². The molecule has 0 spiro atoms. The Morgan fingerprint density at radius 3 is 2.56 bits per heavy atom. The van der Waals surface area contributed by atoms with Crippen molar-refractivity contribution in [2.24, 2.45) is 0 Å². The monoisotopic (exact) mass is 649 g/mol. The van der Waals surface area contributed by atoms with Crippen molar-refractivity contribution in [3.05, 3.63) is 104 Å². The summed E-state index contributed by atoms with van der Waals surface area (Å²) < 4.78 is 8.26. The third-order valence-electron chi connectivity index (χ3n) is 6.26. The number of methoxy groups -OCH3 is 1. The number of carbonyl (C=O) groups excluding carboxylic acids is 1. The van der Waals surface area contributed by atoms with Gasteiger partial charge in [0, 0.05) is 32.9 Å². The molecule has 14 heteroatoms. The van der Waals surface area contributed by atoms with E-state index in [1.165, 1.54) is 27.8 Å². The summed E-state index contributed by atoms with van der Waals surface area (Å²) in [5, 5.41) is 15.5. The minimum atomic E-state index is -0.289. The zero-order chi connectivity index (χ0) is 29.9. The largest absolute Gasteiger partial charge is 0.497 e. The average molecular weight is 651 g/mol. The molecule has 0 unspecified atom stereocenters. The molecule has 6 rings (SSSR count). The molecule has 0 atom stereocenters. The minimum absolute atomic E-state index is 0.0448. The average Bonchev–Trinajstić information content (AvgIpc) is 3.66. The molecule has 3 heterocycles. The van der Waals surface area contributed by atoms with E-state index in [0.29, 0.717) is 54.1 Å². The van der Waals surface area contributed by atoms with Crippen LogP contribution in [0.5, 0.6) is 5.75 Å². The lowest BCUT2D eigenvalue weighted by Crippen LogP contribution is -2.21. The zero-order valence-electron chi connectivity index (χ0n) is 22.4. The molecule has 0 bridgehead atoms. The van der Waals surface area contributed by atoms with Crippen LogP contribution in [0.1, 0.15) is 5.69 Å². The number of halogens is 2. The van der Waals surface area contributed by atoms with Gasteiger partial charge in [-0.1, -0.05) is 52.3 Å². The van der Waals surface area contributed by atoms with Gasteiger partial charge in [-0.2, -0.15) is 0 Å². The summed E-state index contributed by atoms with van der Waals surface area (Å²) in [6.07, 6.45) is 1.68. The van der Waals surface area contributed by atoms with E-state index in [-0.39, 0.29) is 18.0 Å². The molecule has 10 nitrogen and oxygen atoms in total. The molecule has 0 fully saturated rings. The third-order valence-corrected chi connectivity index (χ3v) is 8.48. The molecular weight excluding hydrogens is 629 g/mol. The second-order valence-electron chi connectivity index (χ2n) is 9.18. The highest BCUT2D eigenvalue weighted by Crippen LogP contribution is 2.27. The van der Waals surface area contributed by atoms with Gasteiger partial charge in [0.1, 0.15) is 12.3 Å². The number of fused-ring (bicyclic) bond motifs is 1. The van der Waals surface area contributed by atoms with Gasteiger partial charge in [0.15, 0.2) is 10.3 Å². The molecule has 0 saturated carbocycles. The maximum Gasteiger partial charge on any atom is 0.266 e. The Hall–Kier alpha value is -4.23. The van der Waals surface area contributed by atoms with E-state index in [0.717, 1.165) is 11.3 Å². The smallest absolute Gasteiger partial charge is 0.266 e. The summed E-state index contributed by atoms with van der Waals surface area (Å²) in [5.41, 5.74) is 3.16. The van der Waals surface area contributed by atoms with Gasteiger partial charge in [-0.25, -0.2) is 14.6 Å². The maximum absolute atomic E-state index is 13.5. The molecule has 0 aliphatic heterocycles. The fraction of sp³-hybridized carbons (Fsp3) is 0.103. The number of hydrogen-bond donors (Lipinski definition) is 1. The topological polar surface area (TPSA) is 117 Å². The van der Waals surface area contributed by atoms with E-state index in [9.17, 15) is 9.59 Å². The molecule has 0 radical (unpaired) electrons. The van der Waals surface area contributed by atoms with Gasteiger partial charge in [-0.15, -0.1) is 16.4 Å². The number of ether oxygens (including phenoxy) is 1. The first-order valence-electron chi connectivity index (χ1n) is 12.8. The highest BCUT2D eigenvalue weighted by atomic mass is 35.5. The number of thioether (sulfide) groups is 1. The molecular formula is C29H21Cl2N7O3S2. The lowest BCUT2D eigenvalue weighted by Gasteiger charge is -2.13. The molecule has 3 aromatic carbocycles. The Morgan fingerprint density at radius 2 is 1.79 bits per heavy atom. The molecule has 0 aliphatic carbocycles. The first-order valence-corrected chi connectivity index (χ1v) is 15.4. The van der Waals surface area contributed by atoms with Crippen LogP contribution in [0, 0.1) is 0 Å². The van der Waals surface area contributed by atoms with Crippen LogP contribution in [0.4, 0.5) is 5.13 Å². The number of nitrogens with zero attached hydrogens (tertiary/aromatic N) is 6. The first-order chi connectivity index (χ1) is 20.9. The van der Waals surface area contributed by atoms with E-state index in [1.54, 1.807) is 72.5 Å². The quantitative estimate of drug-likeness (QED) is 0.142. The normalized spacial score (nSPS) is 11.1. The Labute approximate surface area is 263 Å². The predicted molar refractivity (Wildman–Crippen MR) is 170 cm³/mol. The summed E-state index contributed by atoms with van der Waals surface area (Å²) in [7, 11) is 1.58.